The third-order valence-corrected chi connectivity index (χ3v) is 14.5. The summed E-state index contributed by atoms with van der Waals surface area (Å²) in [6.45, 7) is 7.18. The van der Waals surface area contributed by atoms with Crippen LogP contribution in [0.3, 0.4) is 0 Å². The van der Waals surface area contributed by atoms with Crippen LogP contribution in [0.15, 0.2) is 57.5 Å². The number of hydrogen-bond acceptors (Lipinski definition) is 1. The summed E-state index contributed by atoms with van der Waals surface area (Å²) < 4.78 is 2.45. The SMILES string of the molecule is Cc1ccc(N(c2cc3c(cc2Br)C(C)CC2CC4CC3CC24)c2cc3c(cc2Br)C(C)CC2CC4CC3CC24)cc1. The molecular formula is C39H43Br2N. The molecule has 42 heavy (non-hydrogen) atoms. The number of halogens is 2. The van der Waals surface area contributed by atoms with Crippen LogP contribution < -0.4 is 4.90 Å². The highest BCUT2D eigenvalue weighted by Crippen LogP contribution is 2.63. The minimum absolute atomic E-state index is 0.638. The van der Waals surface area contributed by atoms with Crippen LogP contribution in [-0.2, 0) is 0 Å². The van der Waals surface area contributed by atoms with E-state index in [9.17, 15) is 0 Å². The first-order valence-corrected chi connectivity index (χ1v) is 18.4. The van der Waals surface area contributed by atoms with E-state index in [0.717, 1.165) is 47.3 Å². The van der Waals surface area contributed by atoms with Crippen molar-refractivity contribution in [3.8, 4) is 0 Å². The van der Waals surface area contributed by atoms with Gasteiger partial charge in [0.1, 0.15) is 0 Å². The van der Waals surface area contributed by atoms with E-state index in [0.29, 0.717) is 11.8 Å². The Hall–Kier alpha value is -1.58. The molecule has 0 N–H and O–H groups in total. The van der Waals surface area contributed by atoms with E-state index in [2.05, 4.69) is 106 Å². The Kier molecular flexibility index (Phi) is 6.19. The molecule has 6 aliphatic rings. The summed E-state index contributed by atoms with van der Waals surface area (Å²) in [5.74, 6) is 8.57. The molecule has 3 heteroatoms. The van der Waals surface area contributed by atoms with Gasteiger partial charge in [0, 0.05) is 14.6 Å². The molecule has 1 nitrogen and oxygen atoms in total. The highest BCUT2D eigenvalue weighted by atomic mass is 79.9. The topological polar surface area (TPSA) is 3.24 Å². The van der Waals surface area contributed by atoms with Gasteiger partial charge in [-0.15, -0.1) is 0 Å². The minimum Gasteiger partial charge on any atom is -0.308 e. The second kappa shape index (κ2) is 9.71. The first-order valence-electron chi connectivity index (χ1n) is 16.9. The third-order valence-electron chi connectivity index (χ3n) is 13.3. The molecule has 0 radical (unpaired) electrons. The van der Waals surface area contributed by atoms with E-state index < -0.39 is 0 Å². The molecule has 9 rings (SSSR count). The van der Waals surface area contributed by atoms with Crippen molar-refractivity contribution >= 4 is 48.9 Å². The fraction of sp³-hybridized carbons (Fsp3) is 0.538. The Balaban J connectivity index is 1.22. The Labute approximate surface area is 269 Å². The molecule has 4 fully saturated rings. The number of anilines is 3. The van der Waals surface area contributed by atoms with Crippen molar-refractivity contribution in [3.05, 3.63) is 85.3 Å². The lowest BCUT2D eigenvalue weighted by Gasteiger charge is -2.42. The molecule has 3 aromatic rings. The highest BCUT2D eigenvalue weighted by Gasteiger charge is 2.51. The lowest BCUT2D eigenvalue weighted by Crippen LogP contribution is -2.33. The van der Waals surface area contributed by atoms with Gasteiger partial charge < -0.3 is 4.90 Å². The molecule has 10 unspecified atom stereocenters. The molecule has 6 aliphatic carbocycles. The maximum absolute atomic E-state index is 4.16. The van der Waals surface area contributed by atoms with Crippen LogP contribution in [0.1, 0.15) is 117 Å². The van der Waals surface area contributed by atoms with Crippen LogP contribution in [0.2, 0.25) is 0 Å². The summed E-state index contributed by atoms with van der Waals surface area (Å²) in [5.41, 5.74) is 11.6. The zero-order valence-corrected chi connectivity index (χ0v) is 28.4. The molecule has 218 valence electrons. The molecule has 3 aromatic carbocycles. The van der Waals surface area contributed by atoms with Crippen LogP contribution >= 0.6 is 31.9 Å². The van der Waals surface area contributed by atoms with E-state index in [1.54, 1.807) is 22.3 Å². The maximum atomic E-state index is 4.16. The fourth-order valence-electron chi connectivity index (χ4n) is 11.2. The predicted molar refractivity (Wildman–Crippen MR) is 181 cm³/mol. The number of nitrogens with zero attached hydrogens (tertiary/aromatic N) is 1. The molecule has 0 spiro atoms. The Bertz CT molecular complexity index is 1480. The average Bonchev–Trinajstić information content (AvgIpc) is 3.52. The van der Waals surface area contributed by atoms with E-state index in [-0.39, 0.29) is 0 Å². The number of fused-ring (bicyclic) bond motifs is 6. The van der Waals surface area contributed by atoms with Gasteiger partial charge in [-0.2, -0.15) is 0 Å². The Morgan fingerprint density at radius 3 is 1.48 bits per heavy atom. The van der Waals surface area contributed by atoms with Crippen molar-refractivity contribution in [2.45, 2.75) is 95.8 Å². The largest absolute Gasteiger partial charge is 0.308 e. The summed E-state index contributed by atoms with van der Waals surface area (Å²) >= 11 is 8.31. The van der Waals surface area contributed by atoms with Gasteiger partial charge in [0.2, 0.25) is 0 Å². The second-order valence-corrected chi connectivity index (χ2v) is 17.2. The summed E-state index contributed by atoms with van der Waals surface area (Å²) in [5, 5.41) is 0. The van der Waals surface area contributed by atoms with Gasteiger partial charge in [0.15, 0.2) is 0 Å². The molecule has 0 aliphatic heterocycles. The van der Waals surface area contributed by atoms with Gasteiger partial charge in [-0.1, -0.05) is 31.5 Å². The monoisotopic (exact) mass is 683 g/mol. The molecule has 4 saturated carbocycles. The van der Waals surface area contributed by atoms with Crippen LogP contribution in [0.4, 0.5) is 17.1 Å². The molecular weight excluding hydrogens is 642 g/mol. The number of aryl methyl sites for hydroxylation is 1. The quantitative estimate of drug-likeness (QED) is 0.265. The van der Waals surface area contributed by atoms with Gasteiger partial charge in [0.05, 0.1) is 11.4 Å². The van der Waals surface area contributed by atoms with Crippen LogP contribution in [0, 0.1) is 42.4 Å². The molecule has 0 saturated heterocycles. The van der Waals surface area contributed by atoms with Crippen molar-refractivity contribution in [1.82, 2.24) is 0 Å². The molecule has 0 amide bonds. The first-order chi connectivity index (χ1) is 20.3. The minimum atomic E-state index is 0.638. The van der Waals surface area contributed by atoms with Crippen molar-refractivity contribution in [3.63, 3.8) is 0 Å². The summed E-state index contributed by atoms with van der Waals surface area (Å²) in [6, 6.07) is 19.5. The van der Waals surface area contributed by atoms with Crippen LogP contribution in [0.5, 0.6) is 0 Å². The van der Waals surface area contributed by atoms with Gasteiger partial charge in [-0.25, -0.2) is 0 Å². The zero-order chi connectivity index (χ0) is 28.4. The smallest absolute Gasteiger partial charge is 0.0607 e. The van der Waals surface area contributed by atoms with Crippen molar-refractivity contribution < 1.29 is 0 Å². The summed E-state index contributed by atoms with van der Waals surface area (Å²) in [7, 11) is 0. The lowest BCUT2D eigenvalue weighted by atomic mass is 9.63. The van der Waals surface area contributed by atoms with Crippen molar-refractivity contribution in [2.24, 2.45) is 35.5 Å². The highest BCUT2D eigenvalue weighted by molar-refractivity contribution is 9.11. The van der Waals surface area contributed by atoms with E-state index in [1.807, 2.05) is 0 Å². The van der Waals surface area contributed by atoms with Crippen LogP contribution in [-0.4, -0.2) is 0 Å². The number of benzene rings is 3. The van der Waals surface area contributed by atoms with E-state index in [4.69, 9.17) is 0 Å². The third kappa shape index (κ3) is 3.97. The maximum Gasteiger partial charge on any atom is 0.0607 e. The number of rotatable bonds is 3. The first kappa shape index (κ1) is 26.8. The number of hydrogen-bond donors (Lipinski definition) is 0. The molecule has 10 atom stereocenters. The molecule has 4 bridgehead atoms. The van der Waals surface area contributed by atoms with E-state index in [1.165, 1.54) is 82.9 Å². The van der Waals surface area contributed by atoms with Gasteiger partial charge >= 0.3 is 0 Å². The molecule has 0 aromatic heterocycles. The van der Waals surface area contributed by atoms with Gasteiger partial charge in [0.25, 0.3) is 0 Å². The lowest BCUT2D eigenvalue weighted by molar-refractivity contribution is 0.0890. The van der Waals surface area contributed by atoms with Crippen LogP contribution in [0.25, 0.3) is 0 Å². The Morgan fingerprint density at radius 1 is 0.548 bits per heavy atom. The second-order valence-electron chi connectivity index (χ2n) is 15.5. The standard InChI is InChI=1S/C39H43Br2N/c1-20-4-6-29(7-5-20)42(38-18-34-27-12-25-10-23(32(25)14-27)8-21(2)30(34)16-36(38)40)39-19-35-28-13-26-11-24(33(26)15-28)9-22(3)31(35)17-37(39)41/h4-7,16-19,21-28,32-33H,8-15H2,1-3H3. The normalized spacial score (nSPS) is 36.9. The van der Waals surface area contributed by atoms with Crippen molar-refractivity contribution in [2.75, 3.05) is 4.90 Å². The van der Waals surface area contributed by atoms with E-state index >= 15 is 0 Å². The summed E-state index contributed by atoms with van der Waals surface area (Å²) in [6.07, 6.45) is 11.3. The average molecular weight is 686 g/mol. The summed E-state index contributed by atoms with van der Waals surface area (Å²) in [4.78, 5) is 2.57. The Morgan fingerprint density at radius 2 is 1.00 bits per heavy atom. The van der Waals surface area contributed by atoms with Crippen molar-refractivity contribution in [1.29, 1.82) is 0 Å². The zero-order valence-electron chi connectivity index (χ0n) is 25.3. The molecule has 0 heterocycles. The van der Waals surface area contributed by atoms with Gasteiger partial charge in [-0.3, -0.25) is 0 Å². The van der Waals surface area contributed by atoms with Gasteiger partial charge in [-0.05, 0) is 208 Å². The predicted octanol–water partition coefficient (Wildman–Crippen LogP) is 12.3. The fourth-order valence-corrected chi connectivity index (χ4v) is 12.2.